The van der Waals surface area contributed by atoms with Crippen molar-refractivity contribution in [1.82, 2.24) is 0 Å². The van der Waals surface area contributed by atoms with Gasteiger partial charge in [-0.2, -0.15) is 13.2 Å². The van der Waals surface area contributed by atoms with Crippen LogP contribution in [0, 0.1) is 10.1 Å². The second kappa shape index (κ2) is 3.78. The molecule has 0 aromatic rings. The lowest BCUT2D eigenvalue weighted by atomic mass is 10.0. The Kier molecular flexibility index (Phi) is 3.41. The van der Waals surface area contributed by atoms with Gasteiger partial charge in [0.1, 0.15) is 0 Å². The summed E-state index contributed by atoms with van der Waals surface area (Å²) in [4.78, 5) is 18.9. The minimum Gasteiger partial charge on any atom is -0.466 e. The second-order valence-electron chi connectivity index (χ2n) is 2.34. The average molecular weight is 217 g/mol. The fourth-order valence-electron chi connectivity index (χ4n) is 0.626. The molecule has 14 heavy (non-hydrogen) atoms. The van der Waals surface area contributed by atoms with Crippen molar-refractivity contribution in [3.63, 3.8) is 0 Å². The van der Waals surface area contributed by atoms with E-state index in [0.717, 1.165) is 0 Å². The summed E-state index contributed by atoms with van der Waals surface area (Å²) in [6.45, 7) is -1.98. The normalized spacial score (nSPS) is 15.8. The topological polar surface area (TPSA) is 89.7 Å². The number of hydrogen-bond acceptors (Lipinski definition) is 5. The number of carbonyl (C=O) groups is 1. The summed E-state index contributed by atoms with van der Waals surface area (Å²) in [5.74, 6) is -2.11. The summed E-state index contributed by atoms with van der Waals surface area (Å²) in [5.41, 5.74) is -4.09. The standard InChI is InChI=1S/C5H6F3NO5/c1-14-3(10)4(11,2-9(12)13)5(6,7)8/h11H,2H2,1H3. The lowest BCUT2D eigenvalue weighted by Gasteiger charge is -2.23. The molecule has 0 saturated heterocycles. The van der Waals surface area contributed by atoms with Crippen molar-refractivity contribution in [1.29, 1.82) is 0 Å². The number of ether oxygens (including phenoxy) is 1. The highest BCUT2D eigenvalue weighted by Crippen LogP contribution is 2.31. The molecule has 0 spiro atoms. The van der Waals surface area contributed by atoms with Crippen molar-refractivity contribution in [2.24, 2.45) is 0 Å². The summed E-state index contributed by atoms with van der Waals surface area (Å²) in [6.07, 6.45) is -5.45. The van der Waals surface area contributed by atoms with Gasteiger partial charge in [0.05, 0.1) is 7.11 Å². The molecule has 1 unspecified atom stereocenters. The highest BCUT2D eigenvalue weighted by molar-refractivity contribution is 5.80. The zero-order chi connectivity index (χ0) is 11.6. The summed E-state index contributed by atoms with van der Waals surface area (Å²) in [5, 5.41) is 18.6. The molecular weight excluding hydrogens is 211 g/mol. The molecule has 1 atom stereocenters. The number of nitrogens with zero attached hydrogens (tertiary/aromatic N) is 1. The fraction of sp³-hybridized carbons (Fsp3) is 0.800. The Labute approximate surface area is 75.4 Å². The molecule has 0 aliphatic heterocycles. The van der Waals surface area contributed by atoms with Gasteiger partial charge in [0.2, 0.25) is 0 Å². The maximum Gasteiger partial charge on any atom is 0.434 e. The molecule has 9 heteroatoms. The third kappa shape index (κ3) is 2.31. The van der Waals surface area contributed by atoms with E-state index in [0.29, 0.717) is 7.11 Å². The van der Waals surface area contributed by atoms with Crippen LogP contribution < -0.4 is 0 Å². The summed E-state index contributed by atoms with van der Waals surface area (Å²) < 4.78 is 39.8. The van der Waals surface area contributed by atoms with Crippen molar-refractivity contribution < 1.29 is 32.7 Å². The molecule has 0 amide bonds. The number of aliphatic hydroxyl groups is 1. The third-order valence-corrected chi connectivity index (χ3v) is 1.35. The monoisotopic (exact) mass is 217 g/mol. The minimum atomic E-state index is -5.45. The minimum absolute atomic E-state index is 0.582. The largest absolute Gasteiger partial charge is 0.466 e. The molecule has 0 aliphatic carbocycles. The highest BCUT2D eigenvalue weighted by Gasteiger charge is 2.64. The SMILES string of the molecule is COC(=O)C(O)(C[N+](=O)[O-])C(F)(F)F. The zero-order valence-corrected chi connectivity index (χ0v) is 6.87. The quantitative estimate of drug-likeness (QED) is 0.399. The Morgan fingerprint density at radius 1 is 1.57 bits per heavy atom. The summed E-state index contributed by atoms with van der Waals surface area (Å²) >= 11 is 0. The highest BCUT2D eigenvalue weighted by atomic mass is 19.4. The van der Waals surface area contributed by atoms with Crippen LogP contribution in [-0.4, -0.2) is 41.4 Å². The molecule has 0 saturated carbocycles. The first-order valence-corrected chi connectivity index (χ1v) is 3.14. The molecular formula is C5H6F3NO5. The molecule has 1 N–H and O–H groups in total. The van der Waals surface area contributed by atoms with Crippen LogP contribution in [0.5, 0.6) is 0 Å². The number of rotatable bonds is 3. The number of halogens is 3. The van der Waals surface area contributed by atoms with Gasteiger partial charge in [0.25, 0.3) is 6.54 Å². The number of esters is 1. The van der Waals surface area contributed by atoms with Crippen LogP contribution in [0.1, 0.15) is 0 Å². The summed E-state index contributed by atoms with van der Waals surface area (Å²) in [6, 6.07) is 0. The van der Waals surface area contributed by atoms with Gasteiger partial charge in [-0.05, 0) is 0 Å². The number of carbonyl (C=O) groups excluding carboxylic acids is 1. The van der Waals surface area contributed by atoms with E-state index >= 15 is 0 Å². The van der Waals surface area contributed by atoms with Crippen LogP contribution in [0.25, 0.3) is 0 Å². The van der Waals surface area contributed by atoms with Gasteiger partial charge in [0, 0.05) is 4.92 Å². The van der Waals surface area contributed by atoms with Gasteiger partial charge >= 0.3 is 17.7 Å². The number of alkyl halides is 3. The molecule has 0 aliphatic rings. The smallest absolute Gasteiger partial charge is 0.434 e. The predicted octanol–water partition coefficient (Wildman–Crippen LogP) is -0.270. The van der Waals surface area contributed by atoms with Crippen LogP contribution in [-0.2, 0) is 9.53 Å². The molecule has 0 fully saturated rings. The molecule has 0 rings (SSSR count). The number of hydrogen-bond donors (Lipinski definition) is 1. The van der Waals surface area contributed by atoms with Gasteiger partial charge in [-0.15, -0.1) is 0 Å². The van der Waals surface area contributed by atoms with E-state index in [2.05, 4.69) is 4.74 Å². The Balaban J connectivity index is 5.05. The van der Waals surface area contributed by atoms with Crippen LogP contribution in [0.4, 0.5) is 13.2 Å². The Hall–Kier alpha value is -1.38. The van der Waals surface area contributed by atoms with E-state index in [-0.39, 0.29) is 0 Å². The molecule has 82 valence electrons. The van der Waals surface area contributed by atoms with Crippen molar-refractivity contribution in [2.45, 2.75) is 11.8 Å². The van der Waals surface area contributed by atoms with Gasteiger partial charge in [-0.25, -0.2) is 4.79 Å². The number of methoxy groups -OCH3 is 1. The van der Waals surface area contributed by atoms with E-state index < -0.39 is 29.2 Å². The maximum absolute atomic E-state index is 12.0. The first kappa shape index (κ1) is 12.6. The van der Waals surface area contributed by atoms with Crippen LogP contribution in [0.3, 0.4) is 0 Å². The molecule has 0 radical (unpaired) electrons. The Bertz CT molecular complexity index is 252. The van der Waals surface area contributed by atoms with Crippen LogP contribution in [0.2, 0.25) is 0 Å². The lowest BCUT2D eigenvalue weighted by Crippen LogP contribution is -2.57. The van der Waals surface area contributed by atoms with Gasteiger partial charge in [-0.3, -0.25) is 10.1 Å². The van der Waals surface area contributed by atoms with Crippen molar-refractivity contribution in [3.05, 3.63) is 10.1 Å². The van der Waals surface area contributed by atoms with E-state index in [1.54, 1.807) is 0 Å². The zero-order valence-electron chi connectivity index (χ0n) is 6.87. The van der Waals surface area contributed by atoms with Gasteiger partial charge in [0.15, 0.2) is 0 Å². The lowest BCUT2D eigenvalue weighted by molar-refractivity contribution is -0.510. The molecule has 0 aromatic carbocycles. The number of nitro groups is 1. The van der Waals surface area contributed by atoms with Crippen molar-refractivity contribution in [3.8, 4) is 0 Å². The average Bonchev–Trinajstić information content (AvgIpc) is 1.99. The Morgan fingerprint density at radius 2 is 2.00 bits per heavy atom. The van der Waals surface area contributed by atoms with E-state index in [1.165, 1.54) is 0 Å². The van der Waals surface area contributed by atoms with E-state index in [9.17, 15) is 28.1 Å². The molecule has 0 heterocycles. The predicted molar refractivity (Wildman–Crippen MR) is 34.9 cm³/mol. The van der Waals surface area contributed by atoms with Crippen LogP contribution >= 0.6 is 0 Å². The molecule has 0 aromatic heterocycles. The van der Waals surface area contributed by atoms with E-state index in [1.807, 2.05) is 0 Å². The maximum atomic E-state index is 12.0. The van der Waals surface area contributed by atoms with Crippen LogP contribution in [0.15, 0.2) is 0 Å². The molecule has 6 nitrogen and oxygen atoms in total. The van der Waals surface area contributed by atoms with Crippen molar-refractivity contribution in [2.75, 3.05) is 13.7 Å². The Morgan fingerprint density at radius 3 is 2.21 bits per heavy atom. The van der Waals surface area contributed by atoms with Gasteiger partial charge < -0.3 is 9.84 Å². The first-order chi connectivity index (χ1) is 6.15. The van der Waals surface area contributed by atoms with E-state index in [4.69, 9.17) is 5.11 Å². The second-order valence-corrected chi connectivity index (χ2v) is 2.34. The van der Waals surface area contributed by atoms with Gasteiger partial charge in [-0.1, -0.05) is 0 Å². The first-order valence-electron chi connectivity index (χ1n) is 3.14. The third-order valence-electron chi connectivity index (χ3n) is 1.35. The molecule has 0 bridgehead atoms. The summed E-state index contributed by atoms with van der Waals surface area (Å²) in [7, 11) is 0.582. The fourth-order valence-corrected chi connectivity index (χ4v) is 0.626. The van der Waals surface area contributed by atoms with Crippen molar-refractivity contribution >= 4 is 5.97 Å².